The summed E-state index contributed by atoms with van der Waals surface area (Å²) in [6.45, 7) is 0.150. The molecule has 0 saturated heterocycles. The monoisotopic (exact) mass is 439 g/mol. The zero-order valence-electron chi connectivity index (χ0n) is 16.7. The van der Waals surface area contributed by atoms with Gasteiger partial charge in [0, 0.05) is 18.3 Å². The Morgan fingerprint density at radius 1 is 1.29 bits per heavy atom. The largest absolute Gasteiger partial charge is 0.491 e. The molecule has 2 heterocycles. The summed E-state index contributed by atoms with van der Waals surface area (Å²) in [5.41, 5.74) is 0.513. The number of carbonyl (C=O) groups excluding carboxylic acids is 2. The summed E-state index contributed by atoms with van der Waals surface area (Å²) in [7, 11) is 1.27. The third kappa shape index (κ3) is 6.27. The summed E-state index contributed by atoms with van der Waals surface area (Å²) < 4.78 is 46.7. The fourth-order valence-electron chi connectivity index (χ4n) is 2.55. The number of amides is 2. The third-order valence-corrected chi connectivity index (χ3v) is 4.35. The standard InChI is InChI=1S/C19H20F3N5O4/c1-10(12-7-14(30-2)17(24-8-12)31-9-19(20,21)22)25-16(29)13-5-6-23-18(26-13)27-15(28)11-3-4-11/h5-8,10-11H,3-4,9H2,1-2H3,(H,25,29)(H,23,26,27,28). The lowest BCUT2D eigenvalue weighted by molar-refractivity contribution is -0.154. The van der Waals surface area contributed by atoms with Crippen LogP contribution in [0.4, 0.5) is 19.1 Å². The second kappa shape index (κ2) is 9.14. The van der Waals surface area contributed by atoms with Crippen LogP contribution in [-0.2, 0) is 4.79 Å². The number of carbonyl (C=O) groups is 2. The van der Waals surface area contributed by atoms with Crippen LogP contribution in [0, 0.1) is 5.92 Å². The van der Waals surface area contributed by atoms with Crippen LogP contribution < -0.4 is 20.1 Å². The molecule has 12 heteroatoms. The van der Waals surface area contributed by atoms with Gasteiger partial charge >= 0.3 is 6.18 Å². The van der Waals surface area contributed by atoms with E-state index in [1.165, 1.54) is 31.6 Å². The zero-order valence-corrected chi connectivity index (χ0v) is 16.7. The Balaban J connectivity index is 1.65. The highest BCUT2D eigenvalue weighted by Crippen LogP contribution is 2.30. The summed E-state index contributed by atoms with van der Waals surface area (Å²) in [4.78, 5) is 36.2. The Morgan fingerprint density at radius 3 is 2.68 bits per heavy atom. The second-order valence-corrected chi connectivity index (χ2v) is 6.90. The maximum absolute atomic E-state index is 12.5. The topological polar surface area (TPSA) is 115 Å². The lowest BCUT2D eigenvalue weighted by atomic mass is 10.1. The van der Waals surface area contributed by atoms with Crippen LogP contribution in [0.5, 0.6) is 11.6 Å². The van der Waals surface area contributed by atoms with Gasteiger partial charge in [-0.25, -0.2) is 15.0 Å². The highest BCUT2D eigenvalue weighted by molar-refractivity contribution is 5.95. The average molecular weight is 439 g/mol. The van der Waals surface area contributed by atoms with Crippen LogP contribution in [0.1, 0.15) is 41.9 Å². The van der Waals surface area contributed by atoms with Crippen molar-refractivity contribution in [3.63, 3.8) is 0 Å². The first kappa shape index (κ1) is 22.2. The fraction of sp³-hybridized carbons (Fsp3) is 0.421. The average Bonchev–Trinajstić information content (AvgIpc) is 3.57. The highest BCUT2D eigenvalue weighted by Gasteiger charge is 2.30. The minimum Gasteiger partial charge on any atom is -0.491 e. The minimum absolute atomic E-state index is 0.00467. The van der Waals surface area contributed by atoms with Gasteiger partial charge in [-0.05, 0) is 37.5 Å². The molecule has 1 aliphatic rings. The molecule has 1 saturated carbocycles. The van der Waals surface area contributed by atoms with E-state index in [2.05, 4.69) is 30.3 Å². The van der Waals surface area contributed by atoms with E-state index < -0.39 is 24.7 Å². The molecule has 3 rings (SSSR count). The smallest absolute Gasteiger partial charge is 0.422 e. The molecule has 1 unspecified atom stereocenters. The lowest BCUT2D eigenvalue weighted by Crippen LogP contribution is -2.28. The van der Waals surface area contributed by atoms with Crippen LogP contribution in [-0.4, -0.2) is 46.7 Å². The van der Waals surface area contributed by atoms with E-state index in [0.717, 1.165) is 12.8 Å². The molecule has 2 aromatic rings. The summed E-state index contributed by atoms with van der Waals surface area (Å²) in [6.07, 6.45) is -0.240. The maximum Gasteiger partial charge on any atom is 0.422 e. The molecular weight excluding hydrogens is 419 g/mol. The molecular formula is C19H20F3N5O4. The van der Waals surface area contributed by atoms with Crippen LogP contribution in [0.3, 0.4) is 0 Å². The Labute approximate surface area is 175 Å². The molecule has 1 aliphatic carbocycles. The van der Waals surface area contributed by atoms with Gasteiger partial charge in [0.1, 0.15) is 5.69 Å². The summed E-state index contributed by atoms with van der Waals surface area (Å²) in [6, 6.07) is 2.23. The summed E-state index contributed by atoms with van der Waals surface area (Å²) in [5.74, 6) is -1.03. The van der Waals surface area contributed by atoms with Crippen molar-refractivity contribution in [1.82, 2.24) is 20.3 Å². The zero-order chi connectivity index (χ0) is 22.6. The molecule has 9 nitrogen and oxygen atoms in total. The first-order chi connectivity index (χ1) is 14.7. The number of halogens is 3. The van der Waals surface area contributed by atoms with Crippen LogP contribution in [0.15, 0.2) is 24.5 Å². The molecule has 1 fully saturated rings. The normalized spacial score (nSPS) is 14.5. The van der Waals surface area contributed by atoms with Gasteiger partial charge in [0.15, 0.2) is 12.4 Å². The quantitative estimate of drug-likeness (QED) is 0.650. The van der Waals surface area contributed by atoms with Crippen molar-refractivity contribution in [2.24, 2.45) is 5.92 Å². The van der Waals surface area contributed by atoms with Crippen LogP contribution >= 0.6 is 0 Å². The van der Waals surface area contributed by atoms with Crippen molar-refractivity contribution < 1.29 is 32.2 Å². The number of pyridine rings is 1. The molecule has 0 bridgehead atoms. The predicted octanol–water partition coefficient (Wildman–Crippen LogP) is 2.66. The molecule has 2 amide bonds. The number of nitrogens with zero attached hydrogens (tertiary/aromatic N) is 3. The highest BCUT2D eigenvalue weighted by atomic mass is 19.4. The Bertz CT molecular complexity index is 966. The Morgan fingerprint density at radius 2 is 2.03 bits per heavy atom. The van der Waals surface area contributed by atoms with E-state index in [1.54, 1.807) is 6.92 Å². The SMILES string of the molecule is COc1cc(C(C)NC(=O)c2ccnc(NC(=O)C3CC3)n2)cnc1OCC(F)(F)F. The van der Waals surface area contributed by atoms with E-state index in [4.69, 9.17) is 4.74 Å². The van der Waals surface area contributed by atoms with Gasteiger partial charge in [0.2, 0.25) is 11.9 Å². The summed E-state index contributed by atoms with van der Waals surface area (Å²) >= 11 is 0. The summed E-state index contributed by atoms with van der Waals surface area (Å²) in [5, 5.41) is 5.26. The van der Waals surface area contributed by atoms with Crippen LogP contribution in [0.25, 0.3) is 0 Å². The molecule has 0 aromatic carbocycles. The number of rotatable bonds is 8. The minimum atomic E-state index is -4.51. The third-order valence-electron chi connectivity index (χ3n) is 4.35. The number of ether oxygens (including phenoxy) is 2. The van der Waals surface area contributed by atoms with Crippen molar-refractivity contribution in [3.05, 3.63) is 35.8 Å². The Kier molecular flexibility index (Phi) is 6.56. The number of hydrogen-bond acceptors (Lipinski definition) is 7. The fourth-order valence-corrected chi connectivity index (χ4v) is 2.55. The number of aromatic nitrogens is 3. The molecule has 0 aliphatic heterocycles. The van der Waals surface area contributed by atoms with Gasteiger partial charge in [-0.3, -0.25) is 14.9 Å². The molecule has 0 radical (unpaired) electrons. The number of anilines is 1. The lowest BCUT2D eigenvalue weighted by Gasteiger charge is -2.17. The molecule has 2 N–H and O–H groups in total. The van der Waals surface area contributed by atoms with Gasteiger partial charge in [0.05, 0.1) is 13.2 Å². The van der Waals surface area contributed by atoms with E-state index in [1.807, 2.05) is 0 Å². The van der Waals surface area contributed by atoms with Crippen molar-refractivity contribution in [2.75, 3.05) is 19.0 Å². The van der Waals surface area contributed by atoms with Crippen molar-refractivity contribution in [1.29, 1.82) is 0 Å². The van der Waals surface area contributed by atoms with Gasteiger partial charge in [-0.1, -0.05) is 0 Å². The van der Waals surface area contributed by atoms with E-state index in [-0.39, 0.29) is 35.1 Å². The second-order valence-electron chi connectivity index (χ2n) is 6.90. The van der Waals surface area contributed by atoms with Gasteiger partial charge in [0.25, 0.3) is 11.8 Å². The number of nitrogens with one attached hydrogen (secondary N) is 2. The van der Waals surface area contributed by atoms with Crippen molar-refractivity contribution in [2.45, 2.75) is 32.0 Å². The molecule has 2 aromatic heterocycles. The van der Waals surface area contributed by atoms with Crippen molar-refractivity contribution >= 4 is 17.8 Å². The molecule has 31 heavy (non-hydrogen) atoms. The van der Waals surface area contributed by atoms with Gasteiger partial charge in [-0.2, -0.15) is 13.2 Å². The number of methoxy groups -OCH3 is 1. The van der Waals surface area contributed by atoms with E-state index in [0.29, 0.717) is 5.56 Å². The Hall–Kier alpha value is -3.44. The molecule has 0 spiro atoms. The molecule has 1 atom stereocenters. The van der Waals surface area contributed by atoms with E-state index >= 15 is 0 Å². The molecule has 166 valence electrons. The number of alkyl halides is 3. The predicted molar refractivity (Wildman–Crippen MR) is 102 cm³/mol. The maximum atomic E-state index is 12.5. The first-order valence-electron chi connectivity index (χ1n) is 9.34. The number of hydrogen-bond donors (Lipinski definition) is 2. The van der Waals surface area contributed by atoms with Crippen LogP contribution in [0.2, 0.25) is 0 Å². The van der Waals surface area contributed by atoms with E-state index in [9.17, 15) is 22.8 Å². The van der Waals surface area contributed by atoms with Crippen molar-refractivity contribution in [3.8, 4) is 11.6 Å². The van der Waals surface area contributed by atoms with Gasteiger partial charge in [-0.15, -0.1) is 0 Å². The van der Waals surface area contributed by atoms with Gasteiger partial charge < -0.3 is 14.8 Å². The first-order valence-corrected chi connectivity index (χ1v) is 9.34.